The van der Waals surface area contributed by atoms with Gasteiger partial charge in [0.15, 0.2) is 0 Å². The van der Waals surface area contributed by atoms with E-state index < -0.39 is 35.1 Å². The third kappa shape index (κ3) is 4.40. The Labute approximate surface area is 252 Å². The van der Waals surface area contributed by atoms with E-state index in [1.807, 2.05) is 94.5 Å². The topological polar surface area (TPSA) is 99.6 Å². The van der Waals surface area contributed by atoms with Crippen LogP contribution in [0, 0.1) is 25.7 Å². The van der Waals surface area contributed by atoms with Crippen LogP contribution in [-0.4, -0.2) is 77.3 Å². The van der Waals surface area contributed by atoms with Crippen LogP contribution < -0.4 is 14.5 Å². The van der Waals surface area contributed by atoms with E-state index in [1.54, 1.807) is 16.7 Å². The minimum absolute atomic E-state index is 0.249. The maximum absolute atomic E-state index is 14.6. The van der Waals surface area contributed by atoms with Crippen molar-refractivity contribution in [1.82, 2.24) is 4.90 Å². The second-order valence-electron chi connectivity index (χ2n) is 12.2. The number of rotatable bonds is 6. The van der Waals surface area contributed by atoms with Gasteiger partial charge < -0.3 is 29.3 Å². The minimum atomic E-state index is -1.40. The second kappa shape index (κ2) is 10.6. The molecule has 2 fully saturated rings. The number of fused-ring (bicyclic) bond motifs is 2. The van der Waals surface area contributed by atoms with Gasteiger partial charge in [0.25, 0.3) is 5.91 Å². The van der Waals surface area contributed by atoms with Gasteiger partial charge in [-0.25, -0.2) is 0 Å². The lowest BCUT2D eigenvalue weighted by atomic mass is 9.74. The van der Waals surface area contributed by atoms with Gasteiger partial charge in [0, 0.05) is 24.5 Å². The number of ether oxygens (including phenoxy) is 2. The zero-order valence-electron chi connectivity index (χ0n) is 25.3. The third-order valence-electron chi connectivity index (χ3n) is 9.35. The van der Waals surface area contributed by atoms with Gasteiger partial charge in [-0.15, -0.1) is 0 Å². The molecule has 2 aromatic carbocycles. The van der Waals surface area contributed by atoms with Crippen LogP contribution in [-0.2, 0) is 19.1 Å². The number of amides is 3. The van der Waals surface area contributed by atoms with Crippen molar-refractivity contribution in [1.29, 1.82) is 0 Å². The van der Waals surface area contributed by atoms with Crippen LogP contribution in [0.15, 0.2) is 66.8 Å². The number of hydrogen-bond donors (Lipinski definition) is 1. The number of carbonyl (C=O) groups excluding carboxylic acids is 3. The number of aliphatic hydroxyl groups is 1. The summed E-state index contributed by atoms with van der Waals surface area (Å²) in [6, 6.07) is 11.5. The summed E-state index contributed by atoms with van der Waals surface area (Å²) in [5.74, 6) is -2.06. The Morgan fingerprint density at radius 2 is 1.65 bits per heavy atom. The number of anilines is 2. The zero-order chi connectivity index (χ0) is 30.7. The first-order valence-corrected chi connectivity index (χ1v) is 15.0. The molecule has 1 N–H and O–H groups in total. The molecule has 1 spiro atoms. The van der Waals surface area contributed by atoms with E-state index in [0.717, 1.165) is 16.8 Å². The quantitative estimate of drug-likeness (QED) is 0.521. The van der Waals surface area contributed by atoms with Crippen LogP contribution in [0.2, 0.25) is 0 Å². The molecule has 2 saturated heterocycles. The molecule has 4 heterocycles. The van der Waals surface area contributed by atoms with E-state index in [-0.39, 0.29) is 30.9 Å². The molecule has 2 aromatic rings. The summed E-state index contributed by atoms with van der Waals surface area (Å²) < 4.78 is 12.5. The molecule has 6 atom stereocenters. The van der Waals surface area contributed by atoms with Crippen molar-refractivity contribution in [3.05, 3.63) is 77.9 Å². The van der Waals surface area contributed by atoms with Crippen LogP contribution in [0.25, 0.3) is 0 Å². The van der Waals surface area contributed by atoms with Crippen molar-refractivity contribution in [2.75, 3.05) is 36.1 Å². The molecule has 0 saturated carbocycles. The fraction of sp³-hybridized carbons (Fsp3) is 0.441. The Hall–Kier alpha value is -3.95. The number of benzene rings is 2. The summed E-state index contributed by atoms with van der Waals surface area (Å²) in [7, 11) is 0. The van der Waals surface area contributed by atoms with Crippen molar-refractivity contribution in [2.45, 2.75) is 57.9 Å². The molecule has 9 nitrogen and oxygen atoms in total. The molecule has 0 aromatic heterocycles. The predicted molar refractivity (Wildman–Crippen MR) is 163 cm³/mol. The average Bonchev–Trinajstić information content (AvgIpc) is 3.26. The van der Waals surface area contributed by atoms with Crippen molar-refractivity contribution in [3.63, 3.8) is 0 Å². The highest BCUT2D eigenvalue weighted by Crippen LogP contribution is 2.58. The summed E-state index contributed by atoms with van der Waals surface area (Å²) >= 11 is 0. The number of hydrogen-bond acceptors (Lipinski definition) is 6. The molecule has 6 rings (SSSR count). The molecule has 1 unspecified atom stereocenters. The summed E-state index contributed by atoms with van der Waals surface area (Å²) in [5.41, 5.74) is 0.845. The lowest BCUT2D eigenvalue weighted by Crippen LogP contribution is -2.58. The Kier molecular flexibility index (Phi) is 7.21. The Bertz CT molecular complexity index is 1520. The van der Waals surface area contributed by atoms with Crippen LogP contribution in [0.3, 0.4) is 0 Å². The van der Waals surface area contributed by atoms with Gasteiger partial charge in [0.05, 0.1) is 36.7 Å². The number of nitrogens with zero attached hydrogens (tertiary/aromatic N) is 3. The van der Waals surface area contributed by atoms with Crippen LogP contribution in [0.5, 0.6) is 5.75 Å². The summed E-state index contributed by atoms with van der Waals surface area (Å²) in [5, 5.41) is 10.2. The first-order valence-electron chi connectivity index (χ1n) is 15.0. The monoisotopic (exact) mass is 585 g/mol. The van der Waals surface area contributed by atoms with E-state index in [0.29, 0.717) is 24.6 Å². The second-order valence-corrected chi connectivity index (χ2v) is 12.2. The summed E-state index contributed by atoms with van der Waals surface area (Å²) in [6.07, 6.45) is 7.47. The predicted octanol–water partition coefficient (Wildman–Crippen LogP) is 3.56. The minimum Gasteiger partial charge on any atom is -0.494 e. The first-order chi connectivity index (χ1) is 20.6. The number of likely N-dealkylation sites (tertiary alicyclic amines) is 1. The van der Waals surface area contributed by atoms with Crippen molar-refractivity contribution in [3.8, 4) is 5.75 Å². The Morgan fingerprint density at radius 1 is 0.953 bits per heavy atom. The van der Waals surface area contributed by atoms with Gasteiger partial charge in [0.1, 0.15) is 17.4 Å². The largest absolute Gasteiger partial charge is 0.494 e. The van der Waals surface area contributed by atoms with Gasteiger partial charge in [-0.05, 0) is 76.1 Å². The number of carbonyl (C=O) groups is 3. The lowest BCUT2D eigenvalue weighted by molar-refractivity contribution is -0.147. The smallest absolute Gasteiger partial charge is 0.253 e. The van der Waals surface area contributed by atoms with E-state index >= 15 is 0 Å². The molecule has 4 aliphatic rings. The van der Waals surface area contributed by atoms with Crippen molar-refractivity contribution >= 4 is 29.1 Å². The van der Waals surface area contributed by atoms with Crippen molar-refractivity contribution in [2.24, 2.45) is 11.8 Å². The van der Waals surface area contributed by atoms with Crippen LogP contribution in [0.1, 0.15) is 31.9 Å². The van der Waals surface area contributed by atoms with Gasteiger partial charge >= 0.3 is 0 Å². The van der Waals surface area contributed by atoms with Gasteiger partial charge in [-0.1, -0.05) is 36.4 Å². The summed E-state index contributed by atoms with van der Waals surface area (Å²) in [4.78, 5) is 48.5. The van der Waals surface area contributed by atoms with Crippen LogP contribution in [0.4, 0.5) is 11.4 Å². The SMILES string of the molecule is CCOc1ccc(N2CC=C[C@]3(C)O[C@]45C=CCN(c6cc(C)ccc6C)C(=O)C4N([C@H](C)CO)C(=O)[C@@H]5[C@@H]3C2=O)cc1. The molecule has 226 valence electrons. The molecular formula is C34H39N3O6. The first kappa shape index (κ1) is 29.1. The van der Waals surface area contributed by atoms with E-state index in [4.69, 9.17) is 9.47 Å². The Balaban J connectivity index is 1.46. The van der Waals surface area contributed by atoms with Gasteiger partial charge in [-0.2, -0.15) is 0 Å². The van der Waals surface area contributed by atoms with E-state index in [9.17, 15) is 19.5 Å². The molecule has 9 heteroatoms. The molecule has 0 aliphatic carbocycles. The number of aryl methyl sites for hydroxylation is 2. The fourth-order valence-corrected chi connectivity index (χ4v) is 7.37. The molecule has 3 amide bonds. The van der Waals surface area contributed by atoms with Crippen molar-refractivity contribution < 1.29 is 29.0 Å². The Morgan fingerprint density at radius 3 is 2.35 bits per heavy atom. The van der Waals surface area contributed by atoms with E-state index in [1.165, 1.54) is 4.90 Å². The molecule has 0 bridgehead atoms. The highest BCUT2D eigenvalue weighted by atomic mass is 16.5. The maximum atomic E-state index is 14.6. The highest BCUT2D eigenvalue weighted by molar-refractivity contribution is 6.08. The average molecular weight is 586 g/mol. The highest BCUT2D eigenvalue weighted by Gasteiger charge is 2.75. The lowest BCUT2D eigenvalue weighted by Gasteiger charge is -2.39. The van der Waals surface area contributed by atoms with E-state index in [2.05, 4.69) is 0 Å². The molecule has 4 aliphatic heterocycles. The van der Waals surface area contributed by atoms with Gasteiger partial charge in [-0.3, -0.25) is 14.4 Å². The summed E-state index contributed by atoms with van der Waals surface area (Å²) in [6.45, 7) is 10.2. The number of aliphatic hydroxyl groups excluding tert-OH is 1. The third-order valence-corrected chi connectivity index (χ3v) is 9.35. The standard InChI is InChI=1S/C34H39N3O6/c1-6-42-25-13-11-24(12-14-25)35-17-7-15-33(5)27(30(35)39)28-31(40)37(23(4)20-38)29-32(41)36(18-8-16-34(28,29)43-33)26-19-21(2)9-10-22(26)3/h7-16,19,23,27-29,38H,6,17-18,20H2,1-5H3/t23-,27-,28+,29?,33+,34+/m1/s1. The molecular weight excluding hydrogens is 546 g/mol. The normalized spacial score (nSPS) is 30.6. The fourth-order valence-electron chi connectivity index (χ4n) is 7.37. The molecule has 0 radical (unpaired) electrons. The maximum Gasteiger partial charge on any atom is 0.253 e. The van der Waals surface area contributed by atoms with Gasteiger partial charge in [0.2, 0.25) is 11.8 Å². The molecule has 43 heavy (non-hydrogen) atoms. The van der Waals surface area contributed by atoms with Crippen LogP contribution >= 0.6 is 0 Å². The zero-order valence-corrected chi connectivity index (χ0v) is 25.3.